The van der Waals surface area contributed by atoms with E-state index in [9.17, 15) is 4.79 Å². The minimum absolute atomic E-state index is 0.170. The third-order valence-electron chi connectivity index (χ3n) is 3.07. The number of primary amides is 1. The second-order valence-corrected chi connectivity index (χ2v) is 5.36. The van der Waals surface area contributed by atoms with E-state index in [0.29, 0.717) is 6.42 Å². The van der Waals surface area contributed by atoms with Crippen molar-refractivity contribution in [2.45, 2.75) is 45.1 Å². The van der Waals surface area contributed by atoms with Crippen molar-refractivity contribution < 1.29 is 4.79 Å². The van der Waals surface area contributed by atoms with Crippen LogP contribution in [-0.4, -0.2) is 42.5 Å². The summed E-state index contributed by atoms with van der Waals surface area (Å²) in [6, 6.07) is 0. The van der Waals surface area contributed by atoms with E-state index in [-0.39, 0.29) is 11.4 Å². The van der Waals surface area contributed by atoms with E-state index >= 15 is 0 Å². The lowest BCUT2D eigenvalue weighted by atomic mass is 10.0. The van der Waals surface area contributed by atoms with Gasteiger partial charge in [-0.25, -0.2) is 0 Å². The van der Waals surface area contributed by atoms with E-state index in [1.54, 1.807) is 0 Å². The molecule has 1 fully saturated rings. The van der Waals surface area contributed by atoms with Crippen LogP contribution in [0.3, 0.4) is 0 Å². The van der Waals surface area contributed by atoms with Crippen LogP contribution in [0.1, 0.15) is 39.5 Å². The average molecular weight is 227 g/mol. The molecule has 4 heteroatoms. The van der Waals surface area contributed by atoms with E-state index in [4.69, 9.17) is 5.73 Å². The van der Waals surface area contributed by atoms with E-state index in [0.717, 1.165) is 13.0 Å². The van der Waals surface area contributed by atoms with E-state index in [2.05, 4.69) is 10.2 Å². The number of hydrogen-bond acceptors (Lipinski definition) is 3. The molecule has 0 aliphatic carbocycles. The van der Waals surface area contributed by atoms with Gasteiger partial charge in [0.2, 0.25) is 5.91 Å². The zero-order valence-corrected chi connectivity index (χ0v) is 10.6. The molecule has 1 saturated heterocycles. The summed E-state index contributed by atoms with van der Waals surface area (Å²) >= 11 is 0. The van der Waals surface area contributed by atoms with Gasteiger partial charge >= 0.3 is 0 Å². The molecule has 0 aromatic heterocycles. The number of amides is 1. The van der Waals surface area contributed by atoms with Crippen LogP contribution in [0.5, 0.6) is 0 Å². The summed E-state index contributed by atoms with van der Waals surface area (Å²) in [6.45, 7) is 8.67. The van der Waals surface area contributed by atoms with Gasteiger partial charge in [-0.3, -0.25) is 4.79 Å². The quantitative estimate of drug-likeness (QED) is 0.630. The van der Waals surface area contributed by atoms with Crippen LogP contribution in [0.15, 0.2) is 0 Å². The van der Waals surface area contributed by atoms with Gasteiger partial charge in [-0.2, -0.15) is 0 Å². The number of rotatable bonds is 7. The largest absolute Gasteiger partial charge is 0.370 e. The van der Waals surface area contributed by atoms with Crippen LogP contribution in [0, 0.1) is 0 Å². The minimum atomic E-state index is -0.239. The molecule has 0 atom stereocenters. The molecule has 0 spiro atoms. The van der Waals surface area contributed by atoms with Gasteiger partial charge in [0, 0.05) is 12.0 Å². The van der Waals surface area contributed by atoms with Crippen molar-refractivity contribution in [3.05, 3.63) is 0 Å². The Balaban J connectivity index is 2.07. The summed E-state index contributed by atoms with van der Waals surface area (Å²) in [5.41, 5.74) is 5.03. The van der Waals surface area contributed by atoms with Gasteiger partial charge in [-0.05, 0) is 59.3 Å². The Kier molecular flexibility index (Phi) is 5.22. The van der Waals surface area contributed by atoms with Crippen molar-refractivity contribution >= 4 is 5.91 Å². The van der Waals surface area contributed by atoms with Gasteiger partial charge in [-0.15, -0.1) is 0 Å². The molecule has 0 bridgehead atoms. The molecule has 4 nitrogen and oxygen atoms in total. The Morgan fingerprint density at radius 2 is 2.00 bits per heavy atom. The molecule has 1 amide bonds. The highest BCUT2D eigenvalue weighted by Gasteiger charge is 2.19. The normalized spacial score (nSPS) is 17.9. The van der Waals surface area contributed by atoms with Crippen molar-refractivity contribution in [2.24, 2.45) is 5.73 Å². The van der Waals surface area contributed by atoms with Crippen molar-refractivity contribution in [3.63, 3.8) is 0 Å². The van der Waals surface area contributed by atoms with Crippen LogP contribution in [0.4, 0.5) is 0 Å². The summed E-state index contributed by atoms with van der Waals surface area (Å²) in [4.78, 5) is 13.3. The highest BCUT2D eigenvalue weighted by molar-refractivity contribution is 5.74. The lowest BCUT2D eigenvalue weighted by molar-refractivity contribution is -0.119. The molecule has 0 unspecified atom stereocenters. The lowest BCUT2D eigenvalue weighted by Crippen LogP contribution is -2.43. The summed E-state index contributed by atoms with van der Waals surface area (Å²) in [6.07, 6.45) is 4.24. The number of hydrogen-bond donors (Lipinski definition) is 2. The Bertz CT molecular complexity index is 222. The topological polar surface area (TPSA) is 58.4 Å². The molecule has 1 rings (SSSR count). The summed E-state index contributed by atoms with van der Waals surface area (Å²) in [5.74, 6) is -0.239. The van der Waals surface area contributed by atoms with Crippen molar-refractivity contribution in [3.8, 4) is 0 Å². The maximum atomic E-state index is 10.8. The zero-order valence-electron chi connectivity index (χ0n) is 10.6. The van der Waals surface area contributed by atoms with Crippen molar-refractivity contribution in [2.75, 3.05) is 26.2 Å². The van der Waals surface area contributed by atoms with Crippen molar-refractivity contribution in [1.29, 1.82) is 0 Å². The predicted molar refractivity (Wildman–Crippen MR) is 66.2 cm³/mol. The first-order valence-electron chi connectivity index (χ1n) is 6.25. The Labute approximate surface area is 98.6 Å². The molecular formula is C12H25N3O. The van der Waals surface area contributed by atoms with Crippen LogP contribution in [-0.2, 0) is 4.79 Å². The standard InChI is InChI=1S/C12H25N3O/c1-12(2,10-11(13)16)14-6-5-9-15-7-3-4-8-15/h14H,3-10H2,1-2H3,(H2,13,16). The highest BCUT2D eigenvalue weighted by Crippen LogP contribution is 2.09. The predicted octanol–water partition coefficient (Wildman–Crippen LogP) is 0.716. The SMILES string of the molecule is CC(C)(CC(N)=O)NCCCN1CCCC1. The minimum Gasteiger partial charge on any atom is -0.370 e. The maximum Gasteiger partial charge on any atom is 0.219 e. The molecule has 0 radical (unpaired) electrons. The third-order valence-corrected chi connectivity index (χ3v) is 3.07. The molecule has 0 aromatic carbocycles. The van der Waals surface area contributed by atoms with Gasteiger partial charge in [-0.1, -0.05) is 0 Å². The molecule has 0 aromatic rings. The van der Waals surface area contributed by atoms with Crippen LogP contribution >= 0.6 is 0 Å². The average Bonchev–Trinajstić information content (AvgIpc) is 2.62. The molecule has 1 heterocycles. The van der Waals surface area contributed by atoms with Gasteiger partial charge in [0.15, 0.2) is 0 Å². The van der Waals surface area contributed by atoms with Gasteiger partial charge in [0.1, 0.15) is 0 Å². The first kappa shape index (κ1) is 13.5. The molecule has 1 aliphatic rings. The number of carbonyl (C=O) groups is 1. The van der Waals surface area contributed by atoms with Crippen LogP contribution < -0.4 is 11.1 Å². The molecule has 0 saturated carbocycles. The smallest absolute Gasteiger partial charge is 0.219 e. The fourth-order valence-corrected chi connectivity index (χ4v) is 2.23. The Hall–Kier alpha value is -0.610. The molecular weight excluding hydrogens is 202 g/mol. The lowest BCUT2D eigenvalue weighted by Gasteiger charge is -2.25. The third kappa shape index (κ3) is 5.47. The molecule has 94 valence electrons. The number of nitrogens with zero attached hydrogens (tertiary/aromatic N) is 1. The van der Waals surface area contributed by atoms with Gasteiger partial charge < -0.3 is 16.0 Å². The monoisotopic (exact) mass is 227 g/mol. The summed E-state index contributed by atoms with van der Waals surface area (Å²) in [5, 5.41) is 3.39. The second-order valence-electron chi connectivity index (χ2n) is 5.36. The molecule has 16 heavy (non-hydrogen) atoms. The first-order valence-corrected chi connectivity index (χ1v) is 6.25. The number of carbonyl (C=O) groups excluding carboxylic acids is 1. The Morgan fingerprint density at radius 1 is 1.38 bits per heavy atom. The van der Waals surface area contributed by atoms with Gasteiger partial charge in [0.25, 0.3) is 0 Å². The van der Waals surface area contributed by atoms with E-state index < -0.39 is 0 Å². The van der Waals surface area contributed by atoms with Gasteiger partial charge in [0.05, 0.1) is 0 Å². The summed E-state index contributed by atoms with van der Waals surface area (Å²) in [7, 11) is 0. The zero-order chi connectivity index (χ0) is 12.0. The number of likely N-dealkylation sites (tertiary alicyclic amines) is 1. The fraction of sp³-hybridized carbons (Fsp3) is 0.917. The fourth-order valence-electron chi connectivity index (χ4n) is 2.23. The van der Waals surface area contributed by atoms with E-state index in [1.807, 2.05) is 13.8 Å². The molecule has 1 aliphatic heterocycles. The second kappa shape index (κ2) is 6.21. The van der Waals surface area contributed by atoms with Crippen LogP contribution in [0.2, 0.25) is 0 Å². The number of nitrogens with one attached hydrogen (secondary N) is 1. The Morgan fingerprint density at radius 3 is 2.56 bits per heavy atom. The highest BCUT2D eigenvalue weighted by atomic mass is 16.1. The first-order chi connectivity index (χ1) is 7.49. The van der Waals surface area contributed by atoms with Crippen LogP contribution in [0.25, 0.3) is 0 Å². The van der Waals surface area contributed by atoms with Crippen molar-refractivity contribution in [1.82, 2.24) is 10.2 Å². The van der Waals surface area contributed by atoms with E-state index in [1.165, 1.54) is 32.5 Å². The number of nitrogens with two attached hydrogens (primary N) is 1. The summed E-state index contributed by atoms with van der Waals surface area (Å²) < 4.78 is 0. The maximum absolute atomic E-state index is 10.8. The molecule has 3 N–H and O–H groups in total.